The molecule has 1 N–H and O–H groups in total. The highest BCUT2D eigenvalue weighted by atomic mass is 19.1. The largest absolute Gasteiger partial charge is 0.494 e. The molecule has 0 fully saturated rings. The Morgan fingerprint density at radius 1 is 1.33 bits per heavy atom. The molecule has 0 saturated carbocycles. The lowest BCUT2D eigenvalue weighted by molar-refractivity contribution is -0.385. The van der Waals surface area contributed by atoms with Gasteiger partial charge in [-0.1, -0.05) is 24.3 Å². The van der Waals surface area contributed by atoms with Crippen LogP contribution in [0, 0.1) is 15.9 Å². The topological polar surface area (TPSA) is 81.5 Å². The first-order valence-electron chi connectivity index (χ1n) is 7.27. The number of para-hydroxylation sites is 1. The summed E-state index contributed by atoms with van der Waals surface area (Å²) in [7, 11) is 1.37. The maximum atomic E-state index is 13.7. The van der Waals surface area contributed by atoms with Crippen LogP contribution in [0.5, 0.6) is 5.75 Å². The predicted molar refractivity (Wildman–Crippen MR) is 86.3 cm³/mol. The Hall–Kier alpha value is -2.96. The minimum atomic E-state index is -0.523. The lowest BCUT2D eigenvalue weighted by Gasteiger charge is -2.15. The first-order valence-corrected chi connectivity index (χ1v) is 7.27. The molecule has 0 aliphatic carbocycles. The van der Waals surface area contributed by atoms with E-state index in [9.17, 15) is 19.3 Å². The fourth-order valence-corrected chi connectivity index (χ4v) is 2.34. The molecular weight excluding hydrogens is 315 g/mol. The van der Waals surface area contributed by atoms with Gasteiger partial charge >= 0.3 is 0 Å². The lowest BCUT2D eigenvalue weighted by Crippen LogP contribution is -2.28. The van der Waals surface area contributed by atoms with Crippen molar-refractivity contribution in [2.75, 3.05) is 7.11 Å². The molecule has 6 nitrogen and oxygen atoms in total. The van der Waals surface area contributed by atoms with E-state index in [1.54, 1.807) is 25.1 Å². The van der Waals surface area contributed by atoms with E-state index in [2.05, 4.69) is 5.32 Å². The average Bonchev–Trinajstić information content (AvgIpc) is 2.54. The summed E-state index contributed by atoms with van der Waals surface area (Å²) in [6.45, 7) is 1.71. The predicted octanol–water partition coefficient (Wildman–Crippen LogP) is 3.16. The van der Waals surface area contributed by atoms with Crippen LogP contribution < -0.4 is 10.1 Å². The number of benzene rings is 2. The minimum absolute atomic E-state index is 0.101. The smallest absolute Gasteiger partial charge is 0.273 e. The molecule has 24 heavy (non-hydrogen) atoms. The van der Waals surface area contributed by atoms with E-state index in [0.717, 1.165) is 0 Å². The molecule has 2 aromatic rings. The Kier molecular flexibility index (Phi) is 5.47. The van der Waals surface area contributed by atoms with Gasteiger partial charge in [-0.25, -0.2) is 4.39 Å². The van der Waals surface area contributed by atoms with Crippen molar-refractivity contribution < 1.29 is 18.8 Å². The van der Waals surface area contributed by atoms with Gasteiger partial charge in [0.25, 0.3) is 5.69 Å². The number of methoxy groups -OCH3 is 1. The van der Waals surface area contributed by atoms with E-state index >= 15 is 0 Å². The molecule has 0 aliphatic heterocycles. The van der Waals surface area contributed by atoms with Crippen LogP contribution in [-0.4, -0.2) is 17.9 Å². The summed E-state index contributed by atoms with van der Waals surface area (Å²) in [5.74, 6) is -0.778. The second-order valence-corrected chi connectivity index (χ2v) is 5.25. The molecule has 0 aromatic heterocycles. The summed E-state index contributed by atoms with van der Waals surface area (Å²) in [5.41, 5.74) is 0.799. The van der Waals surface area contributed by atoms with Crippen LogP contribution in [0.2, 0.25) is 0 Å². The number of carbonyl (C=O) groups is 1. The SMILES string of the molecule is COc1ccc([C@H](C)NC(=O)Cc2ccccc2[N+](=O)[O-])cc1F. The summed E-state index contributed by atoms with van der Waals surface area (Å²) >= 11 is 0. The van der Waals surface area contributed by atoms with Crippen molar-refractivity contribution in [3.05, 3.63) is 69.5 Å². The van der Waals surface area contributed by atoms with Crippen LogP contribution in [0.15, 0.2) is 42.5 Å². The summed E-state index contributed by atoms with van der Waals surface area (Å²) in [6.07, 6.45) is -0.125. The standard InChI is InChI=1S/C17H17FN2O4/c1-11(12-7-8-16(24-2)14(18)9-12)19-17(21)10-13-5-3-4-6-15(13)20(22)23/h3-9,11H,10H2,1-2H3,(H,19,21)/t11-/m0/s1. The molecule has 0 heterocycles. The van der Waals surface area contributed by atoms with Crippen molar-refractivity contribution in [2.45, 2.75) is 19.4 Å². The minimum Gasteiger partial charge on any atom is -0.494 e. The van der Waals surface area contributed by atoms with Crippen LogP contribution >= 0.6 is 0 Å². The summed E-state index contributed by atoms with van der Waals surface area (Å²) in [4.78, 5) is 22.6. The van der Waals surface area contributed by atoms with Gasteiger partial charge in [0.05, 0.1) is 24.5 Å². The molecular formula is C17H17FN2O4. The molecule has 2 aromatic carbocycles. The van der Waals surface area contributed by atoms with Gasteiger partial charge in [-0.05, 0) is 24.6 Å². The molecule has 2 rings (SSSR count). The summed E-state index contributed by atoms with van der Waals surface area (Å²) < 4.78 is 18.6. The number of carbonyl (C=O) groups excluding carboxylic acids is 1. The van der Waals surface area contributed by atoms with Crippen molar-refractivity contribution in [1.82, 2.24) is 5.32 Å². The number of nitro groups is 1. The van der Waals surface area contributed by atoms with Crippen molar-refractivity contribution in [3.8, 4) is 5.75 Å². The van der Waals surface area contributed by atoms with E-state index < -0.39 is 16.8 Å². The van der Waals surface area contributed by atoms with Crippen LogP contribution in [0.1, 0.15) is 24.1 Å². The van der Waals surface area contributed by atoms with E-state index in [1.807, 2.05) is 0 Å². The van der Waals surface area contributed by atoms with Crippen LogP contribution in [0.3, 0.4) is 0 Å². The Labute approximate surface area is 138 Å². The van der Waals surface area contributed by atoms with Gasteiger partial charge in [-0.2, -0.15) is 0 Å². The first kappa shape index (κ1) is 17.4. The second kappa shape index (κ2) is 7.54. The second-order valence-electron chi connectivity index (χ2n) is 5.25. The van der Waals surface area contributed by atoms with Gasteiger partial charge in [0.15, 0.2) is 11.6 Å². The average molecular weight is 332 g/mol. The Balaban J connectivity index is 2.07. The van der Waals surface area contributed by atoms with Crippen LogP contribution in [0.25, 0.3) is 0 Å². The zero-order valence-corrected chi connectivity index (χ0v) is 13.3. The summed E-state index contributed by atoms with van der Waals surface area (Å²) in [6, 6.07) is 10.0. The molecule has 0 saturated heterocycles. The van der Waals surface area contributed by atoms with E-state index in [0.29, 0.717) is 11.1 Å². The third-order valence-electron chi connectivity index (χ3n) is 3.59. The number of halogens is 1. The molecule has 0 spiro atoms. The number of amides is 1. The van der Waals surface area contributed by atoms with E-state index in [1.165, 1.54) is 31.4 Å². The van der Waals surface area contributed by atoms with Crippen LogP contribution in [0.4, 0.5) is 10.1 Å². The molecule has 0 radical (unpaired) electrons. The summed E-state index contributed by atoms with van der Waals surface area (Å²) in [5, 5.41) is 13.7. The van der Waals surface area contributed by atoms with Gasteiger partial charge in [0, 0.05) is 11.6 Å². The third kappa shape index (κ3) is 4.07. The van der Waals surface area contributed by atoms with Gasteiger partial charge in [-0.3, -0.25) is 14.9 Å². The number of ether oxygens (including phenoxy) is 1. The van der Waals surface area contributed by atoms with E-state index in [-0.39, 0.29) is 23.8 Å². The number of nitrogens with zero attached hydrogens (tertiary/aromatic N) is 1. The highest BCUT2D eigenvalue weighted by molar-refractivity contribution is 5.80. The molecule has 7 heteroatoms. The maximum Gasteiger partial charge on any atom is 0.273 e. The highest BCUT2D eigenvalue weighted by Gasteiger charge is 2.17. The fourth-order valence-electron chi connectivity index (χ4n) is 2.34. The Morgan fingerprint density at radius 3 is 2.67 bits per heavy atom. The highest BCUT2D eigenvalue weighted by Crippen LogP contribution is 2.22. The molecule has 0 aliphatic rings. The monoisotopic (exact) mass is 332 g/mol. The van der Waals surface area contributed by atoms with E-state index in [4.69, 9.17) is 4.74 Å². The fraction of sp³-hybridized carbons (Fsp3) is 0.235. The molecule has 1 atom stereocenters. The number of rotatable bonds is 6. The molecule has 0 bridgehead atoms. The van der Waals surface area contributed by atoms with Gasteiger partial charge in [0.1, 0.15) is 0 Å². The van der Waals surface area contributed by atoms with Crippen molar-refractivity contribution in [2.24, 2.45) is 0 Å². The van der Waals surface area contributed by atoms with Gasteiger partial charge in [-0.15, -0.1) is 0 Å². The number of hydrogen-bond acceptors (Lipinski definition) is 4. The number of hydrogen-bond donors (Lipinski definition) is 1. The van der Waals surface area contributed by atoms with Crippen molar-refractivity contribution in [3.63, 3.8) is 0 Å². The number of nitro benzene ring substituents is 1. The molecule has 1 amide bonds. The maximum absolute atomic E-state index is 13.7. The lowest BCUT2D eigenvalue weighted by atomic mass is 10.1. The van der Waals surface area contributed by atoms with Crippen molar-refractivity contribution in [1.29, 1.82) is 0 Å². The van der Waals surface area contributed by atoms with Crippen molar-refractivity contribution >= 4 is 11.6 Å². The van der Waals surface area contributed by atoms with Gasteiger partial charge < -0.3 is 10.1 Å². The zero-order chi connectivity index (χ0) is 17.7. The normalized spacial score (nSPS) is 11.6. The Bertz CT molecular complexity index is 764. The number of nitrogens with one attached hydrogen (secondary N) is 1. The Morgan fingerprint density at radius 2 is 2.04 bits per heavy atom. The zero-order valence-electron chi connectivity index (χ0n) is 13.3. The molecule has 126 valence electrons. The molecule has 0 unspecified atom stereocenters. The quantitative estimate of drug-likeness (QED) is 0.651. The van der Waals surface area contributed by atoms with Crippen LogP contribution in [-0.2, 0) is 11.2 Å². The first-order chi connectivity index (χ1) is 11.4. The third-order valence-corrected chi connectivity index (χ3v) is 3.59. The van der Waals surface area contributed by atoms with Gasteiger partial charge in [0.2, 0.25) is 5.91 Å².